The normalized spacial score (nSPS) is 13.3. The van der Waals surface area contributed by atoms with Crippen LogP contribution in [0.25, 0.3) is 0 Å². The molecule has 2 aromatic rings. The smallest absolute Gasteiger partial charge is 0.426 e. The molecule has 9 nitrogen and oxygen atoms in total. The molecular formula is C23H34BN3O6S2. The zero-order valence-electron chi connectivity index (χ0n) is 20.2. The van der Waals surface area contributed by atoms with Gasteiger partial charge in [-0.2, -0.15) is 0 Å². The number of sulfonamides is 1. The minimum atomic E-state index is -3.89. The van der Waals surface area contributed by atoms with Crippen LogP contribution in [-0.2, 0) is 21.2 Å². The van der Waals surface area contributed by atoms with Crippen molar-refractivity contribution in [3.63, 3.8) is 0 Å². The third-order valence-electron chi connectivity index (χ3n) is 5.31. The Morgan fingerprint density at radius 3 is 2.31 bits per heavy atom. The van der Waals surface area contributed by atoms with E-state index in [1.54, 1.807) is 23.6 Å². The van der Waals surface area contributed by atoms with Gasteiger partial charge < -0.3 is 20.7 Å². The summed E-state index contributed by atoms with van der Waals surface area (Å²) in [4.78, 5) is 25.9. The summed E-state index contributed by atoms with van der Waals surface area (Å²) in [6.07, 6.45) is 3.27. The highest BCUT2D eigenvalue weighted by Crippen LogP contribution is 2.15. The van der Waals surface area contributed by atoms with Crippen molar-refractivity contribution in [2.45, 2.75) is 62.6 Å². The van der Waals surface area contributed by atoms with Gasteiger partial charge in [-0.05, 0) is 54.3 Å². The van der Waals surface area contributed by atoms with Crippen molar-refractivity contribution in [1.82, 2.24) is 15.4 Å². The first-order valence-corrected chi connectivity index (χ1v) is 14.0. The van der Waals surface area contributed by atoms with E-state index in [9.17, 15) is 28.1 Å². The van der Waals surface area contributed by atoms with Crippen molar-refractivity contribution >= 4 is 40.3 Å². The number of unbranched alkanes of at least 4 members (excludes halogenated alkanes) is 1. The van der Waals surface area contributed by atoms with E-state index in [1.807, 2.05) is 26.0 Å². The zero-order chi connectivity index (χ0) is 26.0. The van der Waals surface area contributed by atoms with Gasteiger partial charge in [0, 0.05) is 12.1 Å². The molecule has 2 rings (SSSR count). The molecule has 1 heterocycles. The third-order valence-corrected chi connectivity index (χ3v) is 8.13. The second-order valence-electron chi connectivity index (χ2n) is 8.77. The summed E-state index contributed by atoms with van der Waals surface area (Å²) in [5.74, 6) is -2.20. The lowest BCUT2D eigenvalue weighted by molar-refractivity contribution is -0.123. The fourth-order valence-corrected chi connectivity index (χ4v) is 5.47. The summed E-state index contributed by atoms with van der Waals surface area (Å²) in [6, 6.07) is 8.75. The second-order valence-corrected chi connectivity index (χ2v) is 11.7. The number of carbonyl (C=O) groups is 2. The minimum absolute atomic E-state index is 0.0543. The van der Waals surface area contributed by atoms with Crippen molar-refractivity contribution in [2.24, 2.45) is 5.92 Å². The Labute approximate surface area is 211 Å². The molecular weight excluding hydrogens is 489 g/mol. The monoisotopic (exact) mass is 523 g/mol. The predicted molar refractivity (Wildman–Crippen MR) is 137 cm³/mol. The molecule has 1 aromatic heterocycles. The number of thiophene rings is 1. The van der Waals surface area contributed by atoms with Crippen LogP contribution in [0, 0.1) is 5.92 Å². The third kappa shape index (κ3) is 9.38. The highest BCUT2D eigenvalue weighted by molar-refractivity contribution is 7.91. The Balaban J connectivity index is 2.18. The lowest BCUT2D eigenvalue weighted by Crippen LogP contribution is -2.57. The Morgan fingerprint density at radius 1 is 1.09 bits per heavy atom. The van der Waals surface area contributed by atoms with E-state index in [2.05, 4.69) is 22.3 Å². The van der Waals surface area contributed by atoms with E-state index in [4.69, 9.17) is 0 Å². The van der Waals surface area contributed by atoms with Crippen LogP contribution in [-0.4, -0.2) is 55.9 Å². The molecule has 1 aromatic carbocycles. The molecule has 35 heavy (non-hydrogen) atoms. The van der Waals surface area contributed by atoms with Crippen LogP contribution >= 0.6 is 11.3 Å². The summed E-state index contributed by atoms with van der Waals surface area (Å²) in [5.41, 5.74) is 1.42. The molecule has 12 heteroatoms. The van der Waals surface area contributed by atoms with Gasteiger partial charge in [-0.15, -0.1) is 11.3 Å². The molecule has 0 saturated carbocycles. The first-order valence-electron chi connectivity index (χ1n) is 11.6. The van der Waals surface area contributed by atoms with Crippen LogP contribution in [0.2, 0.25) is 0 Å². The minimum Gasteiger partial charge on any atom is -0.426 e. The molecule has 0 aliphatic heterocycles. The molecule has 0 fully saturated rings. The number of benzene rings is 1. The van der Waals surface area contributed by atoms with Crippen LogP contribution < -0.4 is 15.4 Å². The Hall–Kier alpha value is -2.25. The molecule has 0 saturated heterocycles. The van der Waals surface area contributed by atoms with Crippen molar-refractivity contribution in [1.29, 1.82) is 0 Å². The Bertz CT molecular complexity index is 1040. The number of rotatable bonds is 14. The van der Waals surface area contributed by atoms with Gasteiger partial charge in [-0.25, -0.2) is 13.1 Å². The number of hydrogen-bond acceptors (Lipinski definition) is 7. The quantitative estimate of drug-likeness (QED) is 0.239. The lowest BCUT2D eigenvalue weighted by atomic mass is 9.75. The standard InChI is InChI=1S/C23H34BN3O6S2/c1-4-5-7-17-9-11-18(12-10-17)22(28)26-19(15-25-35(32,33)21-8-6-13-34-21)23(29)27-20(24(30)31)14-16(2)3/h6,8-13,16,19-20,25,30-31H,4-5,7,14-15H2,1-3H3,(H,26,28)(H,27,29)/t19-,20-/m0/s1. The largest absolute Gasteiger partial charge is 0.475 e. The van der Waals surface area contributed by atoms with Crippen molar-refractivity contribution in [2.75, 3.05) is 6.54 Å². The maximum atomic E-state index is 13.0. The molecule has 192 valence electrons. The van der Waals surface area contributed by atoms with Crippen molar-refractivity contribution in [3.05, 3.63) is 52.9 Å². The maximum Gasteiger partial charge on any atom is 0.475 e. The molecule has 0 bridgehead atoms. The highest BCUT2D eigenvalue weighted by atomic mass is 32.2. The number of aryl methyl sites for hydroxylation is 1. The van der Waals surface area contributed by atoms with Crippen LogP contribution in [0.15, 0.2) is 46.0 Å². The Morgan fingerprint density at radius 2 is 1.77 bits per heavy atom. The highest BCUT2D eigenvalue weighted by Gasteiger charge is 2.31. The molecule has 0 spiro atoms. The zero-order valence-corrected chi connectivity index (χ0v) is 21.9. The van der Waals surface area contributed by atoms with Gasteiger partial charge in [0.05, 0.1) is 5.94 Å². The molecule has 2 atom stereocenters. The van der Waals surface area contributed by atoms with Gasteiger partial charge in [0.2, 0.25) is 15.9 Å². The summed E-state index contributed by atoms with van der Waals surface area (Å²) in [6.45, 7) is 5.41. The van der Waals surface area contributed by atoms with E-state index in [0.29, 0.717) is 5.56 Å². The molecule has 2 amide bonds. The Kier molecular flexibility index (Phi) is 11.4. The van der Waals surface area contributed by atoms with Gasteiger partial charge in [-0.1, -0.05) is 45.4 Å². The average molecular weight is 523 g/mol. The van der Waals surface area contributed by atoms with Crippen LogP contribution in [0.5, 0.6) is 0 Å². The van der Waals surface area contributed by atoms with Gasteiger partial charge in [0.1, 0.15) is 10.3 Å². The lowest BCUT2D eigenvalue weighted by Gasteiger charge is -2.24. The summed E-state index contributed by atoms with van der Waals surface area (Å²) >= 11 is 1.02. The van der Waals surface area contributed by atoms with E-state index in [1.165, 1.54) is 6.07 Å². The summed E-state index contributed by atoms with van der Waals surface area (Å²) in [7, 11) is -5.69. The van der Waals surface area contributed by atoms with Gasteiger partial charge >= 0.3 is 7.12 Å². The molecule has 5 N–H and O–H groups in total. The van der Waals surface area contributed by atoms with Gasteiger partial charge in [0.15, 0.2) is 0 Å². The number of carbonyl (C=O) groups excluding carboxylic acids is 2. The molecule has 0 aliphatic carbocycles. The van der Waals surface area contributed by atoms with Crippen molar-refractivity contribution < 1.29 is 28.1 Å². The predicted octanol–water partition coefficient (Wildman–Crippen LogP) is 1.71. The van der Waals surface area contributed by atoms with E-state index >= 15 is 0 Å². The fraction of sp³-hybridized carbons (Fsp3) is 0.478. The summed E-state index contributed by atoms with van der Waals surface area (Å²) < 4.78 is 27.5. The van der Waals surface area contributed by atoms with Gasteiger partial charge in [-0.3, -0.25) is 9.59 Å². The first-order chi connectivity index (χ1) is 16.5. The first kappa shape index (κ1) is 29.0. The number of amides is 2. The molecule has 0 radical (unpaired) electrons. The van der Waals surface area contributed by atoms with Crippen molar-refractivity contribution in [3.8, 4) is 0 Å². The fourth-order valence-electron chi connectivity index (χ4n) is 3.38. The van der Waals surface area contributed by atoms with Crippen LogP contribution in [0.3, 0.4) is 0 Å². The van der Waals surface area contributed by atoms with Crippen LogP contribution in [0.4, 0.5) is 0 Å². The van der Waals surface area contributed by atoms with Gasteiger partial charge in [0.25, 0.3) is 5.91 Å². The van der Waals surface area contributed by atoms with E-state index in [0.717, 1.165) is 36.2 Å². The number of nitrogens with one attached hydrogen (secondary N) is 3. The van der Waals surface area contributed by atoms with E-state index in [-0.39, 0.29) is 16.5 Å². The topological polar surface area (TPSA) is 145 Å². The molecule has 0 unspecified atom stereocenters. The van der Waals surface area contributed by atoms with E-state index < -0.39 is 47.5 Å². The second kappa shape index (κ2) is 13.7. The van der Waals surface area contributed by atoms with Crippen LogP contribution in [0.1, 0.15) is 56.0 Å². The molecule has 0 aliphatic rings. The maximum absolute atomic E-state index is 13.0. The summed E-state index contributed by atoms with van der Waals surface area (Å²) in [5, 5.41) is 26.0. The SMILES string of the molecule is CCCCc1ccc(C(=O)N[C@@H](CNS(=O)(=O)c2cccs2)C(=O)N[C@@H](CC(C)C)B(O)O)cc1. The average Bonchev–Trinajstić information content (AvgIpc) is 3.36. The number of hydrogen-bond donors (Lipinski definition) is 5.